The Balaban J connectivity index is 1.63. The predicted molar refractivity (Wildman–Crippen MR) is 132 cm³/mol. The number of aryl methyl sites for hydroxylation is 1. The van der Waals surface area contributed by atoms with Crippen LogP contribution in [-0.2, 0) is 20.9 Å². The monoisotopic (exact) mass is 448 g/mol. The van der Waals surface area contributed by atoms with Gasteiger partial charge in [-0.05, 0) is 68.2 Å². The number of allylic oxidation sites excluding steroid dienone is 1. The van der Waals surface area contributed by atoms with Gasteiger partial charge in [0.1, 0.15) is 5.75 Å². The summed E-state index contributed by atoms with van der Waals surface area (Å²) in [6.45, 7) is 7.61. The van der Waals surface area contributed by atoms with E-state index in [2.05, 4.69) is 41.2 Å². The summed E-state index contributed by atoms with van der Waals surface area (Å²) in [5.41, 5.74) is 3.68. The number of fused-ring (bicyclic) bond motifs is 1. The molecule has 0 aliphatic heterocycles. The van der Waals surface area contributed by atoms with Gasteiger partial charge in [-0.3, -0.25) is 9.59 Å². The van der Waals surface area contributed by atoms with E-state index in [9.17, 15) is 9.59 Å². The van der Waals surface area contributed by atoms with Crippen molar-refractivity contribution in [2.24, 2.45) is 0 Å². The molecule has 0 saturated heterocycles. The number of carbonyl (C=O) groups excluding carboxylic acids is 2. The molecule has 2 aromatic carbocycles. The van der Waals surface area contributed by atoms with Crippen molar-refractivity contribution in [1.29, 1.82) is 0 Å². The molecule has 6 nitrogen and oxygen atoms in total. The maximum absolute atomic E-state index is 12.7. The van der Waals surface area contributed by atoms with Crippen LogP contribution in [0.15, 0.2) is 60.8 Å². The number of ether oxygens (including phenoxy) is 2. The van der Waals surface area contributed by atoms with Crippen molar-refractivity contribution in [1.82, 2.24) is 4.57 Å². The van der Waals surface area contributed by atoms with Crippen molar-refractivity contribution in [2.45, 2.75) is 46.6 Å². The SMILES string of the molecule is CCCn1ccc2cc(/C(C)=C/C(=O)Nc3ccccc3OCCCC(=O)OCC)ccc21. The number of rotatable bonds is 11. The van der Waals surface area contributed by atoms with Crippen molar-refractivity contribution in [3.8, 4) is 5.75 Å². The molecule has 0 atom stereocenters. The molecular weight excluding hydrogens is 416 g/mol. The molecule has 0 unspecified atom stereocenters. The van der Waals surface area contributed by atoms with Crippen molar-refractivity contribution >= 4 is 34.0 Å². The van der Waals surface area contributed by atoms with Gasteiger partial charge in [-0.25, -0.2) is 0 Å². The maximum atomic E-state index is 12.7. The van der Waals surface area contributed by atoms with Gasteiger partial charge in [-0.1, -0.05) is 25.1 Å². The largest absolute Gasteiger partial charge is 0.491 e. The van der Waals surface area contributed by atoms with Crippen molar-refractivity contribution in [2.75, 3.05) is 18.5 Å². The second-order valence-electron chi connectivity index (χ2n) is 7.85. The van der Waals surface area contributed by atoms with Crippen LogP contribution in [0.4, 0.5) is 5.69 Å². The van der Waals surface area contributed by atoms with Gasteiger partial charge in [-0.2, -0.15) is 0 Å². The highest BCUT2D eigenvalue weighted by atomic mass is 16.5. The molecule has 1 aromatic heterocycles. The molecule has 0 aliphatic carbocycles. The minimum atomic E-state index is -0.233. The molecule has 3 aromatic rings. The zero-order valence-corrected chi connectivity index (χ0v) is 19.6. The quantitative estimate of drug-likeness (QED) is 0.228. The fourth-order valence-corrected chi connectivity index (χ4v) is 3.66. The normalized spacial score (nSPS) is 11.4. The summed E-state index contributed by atoms with van der Waals surface area (Å²) in [6.07, 6.45) is 5.63. The molecule has 0 radical (unpaired) electrons. The number of para-hydroxylation sites is 2. The van der Waals surface area contributed by atoms with E-state index in [-0.39, 0.29) is 11.9 Å². The van der Waals surface area contributed by atoms with Crippen LogP contribution in [0.2, 0.25) is 0 Å². The van der Waals surface area contributed by atoms with E-state index in [1.165, 1.54) is 5.52 Å². The highest BCUT2D eigenvalue weighted by Crippen LogP contribution is 2.25. The zero-order valence-electron chi connectivity index (χ0n) is 19.6. The first-order valence-corrected chi connectivity index (χ1v) is 11.5. The topological polar surface area (TPSA) is 69.6 Å². The molecule has 1 N–H and O–H groups in total. The van der Waals surface area contributed by atoms with E-state index in [1.807, 2.05) is 25.1 Å². The summed E-state index contributed by atoms with van der Waals surface area (Å²) >= 11 is 0. The molecule has 0 spiro atoms. The number of amides is 1. The molecule has 0 saturated carbocycles. The summed E-state index contributed by atoms with van der Waals surface area (Å²) in [5, 5.41) is 4.07. The van der Waals surface area contributed by atoms with Crippen LogP contribution >= 0.6 is 0 Å². The van der Waals surface area contributed by atoms with E-state index >= 15 is 0 Å². The Morgan fingerprint density at radius 3 is 2.70 bits per heavy atom. The van der Waals surface area contributed by atoms with Crippen LogP contribution in [0, 0.1) is 0 Å². The Morgan fingerprint density at radius 2 is 1.91 bits per heavy atom. The Labute approximate surface area is 195 Å². The minimum Gasteiger partial charge on any atom is -0.491 e. The second-order valence-corrected chi connectivity index (χ2v) is 7.85. The van der Waals surface area contributed by atoms with Gasteiger partial charge < -0.3 is 19.4 Å². The molecule has 0 bridgehead atoms. The summed E-state index contributed by atoms with van der Waals surface area (Å²) in [5.74, 6) is 0.113. The lowest BCUT2D eigenvalue weighted by Gasteiger charge is -2.12. The van der Waals surface area contributed by atoms with Crippen LogP contribution in [0.1, 0.15) is 45.6 Å². The van der Waals surface area contributed by atoms with Crippen LogP contribution in [0.5, 0.6) is 5.75 Å². The molecule has 33 heavy (non-hydrogen) atoms. The summed E-state index contributed by atoms with van der Waals surface area (Å²) in [4.78, 5) is 24.1. The Bertz CT molecular complexity index is 1130. The van der Waals surface area contributed by atoms with Gasteiger partial charge in [0.15, 0.2) is 0 Å². The summed E-state index contributed by atoms with van der Waals surface area (Å²) in [6, 6.07) is 15.7. The van der Waals surface area contributed by atoms with E-state index in [4.69, 9.17) is 9.47 Å². The number of nitrogens with zero attached hydrogens (tertiary/aromatic N) is 1. The van der Waals surface area contributed by atoms with Gasteiger partial charge in [0.2, 0.25) is 5.91 Å². The van der Waals surface area contributed by atoms with Crippen LogP contribution in [0.25, 0.3) is 16.5 Å². The average molecular weight is 449 g/mol. The first kappa shape index (κ1) is 24.1. The summed E-state index contributed by atoms with van der Waals surface area (Å²) < 4.78 is 12.9. The maximum Gasteiger partial charge on any atom is 0.305 e. The molecule has 3 rings (SSSR count). The molecule has 1 heterocycles. The number of nitrogens with one attached hydrogen (secondary N) is 1. The first-order chi connectivity index (χ1) is 16.0. The van der Waals surface area contributed by atoms with Gasteiger partial charge in [-0.15, -0.1) is 0 Å². The van der Waals surface area contributed by atoms with Gasteiger partial charge in [0, 0.05) is 36.1 Å². The molecule has 1 amide bonds. The van der Waals surface area contributed by atoms with Crippen molar-refractivity contribution < 1.29 is 19.1 Å². The minimum absolute atomic E-state index is 0.223. The van der Waals surface area contributed by atoms with Gasteiger partial charge in [0.05, 0.1) is 18.9 Å². The Kier molecular flexibility index (Phi) is 8.70. The highest BCUT2D eigenvalue weighted by Gasteiger charge is 2.09. The summed E-state index contributed by atoms with van der Waals surface area (Å²) in [7, 11) is 0. The predicted octanol–water partition coefficient (Wildman–Crippen LogP) is 5.82. The number of benzene rings is 2. The molecular formula is C27H32N2O4. The smallest absolute Gasteiger partial charge is 0.305 e. The lowest BCUT2D eigenvalue weighted by molar-refractivity contribution is -0.143. The third kappa shape index (κ3) is 6.72. The third-order valence-corrected chi connectivity index (χ3v) is 5.27. The van der Waals surface area contributed by atoms with Crippen molar-refractivity contribution in [3.05, 3.63) is 66.4 Å². The van der Waals surface area contributed by atoms with E-state index in [1.54, 1.807) is 25.1 Å². The average Bonchev–Trinajstić information content (AvgIpc) is 3.20. The van der Waals surface area contributed by atoms with Crippen LogP contribution in [0.3, 0.4) is 0 Å². The molecule has 6 heteroatoms. The van der Waals surface area contributed by atoms with Gasteiger partial charge in [0.25, 0.3) is 0 Å². The van der Waals surface area contributed by atoms with Crippen LogP contribution in [-0.4, -0.2) is 29.7 Å². The fourth-order valence-electron chi connectivity index (χ4n) is 3.66. The fraction of sp³-hybridized carbons (Fsp3) is 0.333. The van der Waals surface area contributed by atoms with E-state index < -0.39 is 0 Å². The number of esters is 1. The number of aromatic nitrogens is 1. The number of hydrogen-bond acceptors (Lipinski definition) is 4. The number of carbonyl (C=O) groups is 2. The Hall–Kier alpha value is -3.54. The lowest BCUT2D eigenvalue weighted by atomic mass is 10.0. The molecule has 0 fully saturated rings. The Morgan fingerprint density at radius 1 is 1.09 bits per heavy atom. The lowest BCUT2D eigenvalue weighted by Crippen LogP contribution is -2.11. The zero-order chi connectivity index (χ0) is 23.6. The highest BCUT2D eigenvalue weighted by molar-refractivity contribution is 6.04. The second kappa shape index (κ2) is 11.9. The molecule has 174 valence electrons. The number of hydrogen-bond donors (Lipinski definition) is 1. The number of anilines is 1. The van der Waals surface area contributed by atoms with Crippen LogP contribution < -0.4 is 10.1 Å². The molecule has 0 aliphatic rings. The van der Waals surface area contributed by atoms with E-state index in [0.717, 1.165) is 29.5 Å². The first-order valence-electron chi connectivity index (χ1n) is 11.5. The van der Waals surface area contributed by atoms with Gasteiger partial charge >= 0.3 is 5.97 Å². The third-order valence-electron chi connectivity index (χ3n) is 5.27. The van der Waals surface area contributed by atoms with Crippen molar-refractivity contribution in [3.63, 3.8) is 0 Å². The standard InChI is InChI=1S/C27H32N2O4/c1-4-15-29-16-14-22-19-21(12-13-24(22)29)20(3)18-26(30)28-23-9-6-7-10-25(23)33-17-8-11-27(31)32-5-2/h6-7,9-10,12-14,16,18-19H,4-5,8,11,15,17H2,1-3H3,(H,28,30)/b20-18+. The van der Waals surface area contributed by atoms with E-state index in [0.29, 0.717) is 37.5 Å².